The molecule has 2 aromatic rings. The average Bonchev–Trinajstić information content (AvgIpc) is 2.58. The number of hydrogen-bond donors (Lipinski definition) is 2. The van der Waals surface area contributed by atoms with Gasteiger partial charge >= 0.3 is 6.18 Å². The summed E-state index contributed by atoms with van der Waals surface area (Å²) in [4.78, 5) is 24.2. The first-order valence-electron chi connectivity index (χ1n) is 8.39. The van der Waals surface area contributed by atoms with Crippen molar-refractivity contribution >= 4 is 11.8 Å². The normalized spacial score (nSPS) is 12.4. The maximum absolute atomic E-state index is 12.8. The minimum absolute atomic E-state index is 0.269. The third-order valence-corrected chi connectivity index (χ3v) is 3.98. The quantitative estimate of drug-likeness (QED) is 0.828. The Labute approximate surface area is 155 Å². The second kappa shape index (κ2) is 8.24. The lowest BCUT2D eigenvalue weighted by Crippen LogP contribution is -2.38. The first-order valence-corrected chi connectivity index (χ1v) is 8.39. The van der Waals surface area contributed by atoms with Crippen LogP contribution in [0.3, 0.4) is 0 Å². The fraction of sp³-hybridized carbons (Fsp3) is 0.300. The summed E-state index contributed by atoms with van der Waals surface area (Å²) in [7, 11) is 0. The van der Waals surface area contributed by atoms with Crippen molar-refractivity contribution in [1.82, 2.24) is 10.6 Å². The van der Waals surface area contributed by atoms with Crippen LogP contribution in [0, 0.1) is 13.8 Å². The number of nitrogens with one attached hydrogen (secondary N) is 2. The minimum atomic E-state index is -4.44. The lowest BCUT2D eigenvalue weighted by atomic mass is 10.0. The Balaban J connectivity index is 1.94. The number of amides is 2. The van der Waals surface area contributed by atoms with Gasteiger partial charge in [-0.15, -0.1) is 0 Å². The molecule has 0 aliphatic heterocycles. The van der Waals surface area contributed by atoms with Crippen LogP contribution in [0.5, 0.6) is 0 Å². The lowest BCUT2D eigenvalue weighted by Gasteiger charge is -2.16. The van der Waals surface area contributed by atoms with E-state index in [9.17, 15) is 22.8 Å². The first kappa shape index (κ1) is 20.5. The van der Waals surface area contributed by atoms with Gasteiger partial charge in [-0.1, -0.05) is 29.3 Å². The van der Waals surface area contributed by atoms with E-state index >= 15 is 0 Å². The average molecular weight is 378 g/mol. The van der Waals surface area contributed by atoms with Gasteiger partial charge in [-0.25, -0.2) is 0 Å². The van der Waals surface area contributed by atoms with E-state index in [1.54, 1.807) is 19.1 Å². The lowest BCUT2D eigenvalue weighted by molar-refractivity contribution is -0.137. The third kappa shape index (κ3) is 5.84. The van der Waals surface area contributed by atoms with Crippen LogP contribution in [0.4, 0.5) is 13.2 Å². The highest BCUT2D eigenvalue weighted by molar-refractivity contribution is 5.96. The van der Waals surface area contributed by atoms with Crippen molar-refractivity contribution in [2.75, 3.05) is 6.54 Å². The maximum Gasteiger partial charge on any atom is 0.416 e. The second-order valence-electron chi connectivity index (χ2n) is 6.47. The molecule has 2 rings (SSSR count). The number of halogens is 3. The maximum atomic E-state index is 12.8. The molecule has 0 aromatic heterocycles. The molecule has 0 saturated carbocycles. The van der Waals surface area contributed by atoms with Crippen molar-refractivity contribution in [1.29, 1.82) is 0 Å². The van der Waals surface area contributed by atoms with E-state index in [0.717, 1.165) is 23.3 Å². The number of carbonyl (C=O) groups is 2. The molecule has 2 aromatic carbocycles. The SMILES string of the molecule is Cc1cc(C)cc(C(=O)NCC(=O)NC(C)c2cccc(C(F)(F)F)c2)c1. The number of benzene rings is 2. The van der Waals surface area contributed by atoms with Crippen LogP contribution >= 0.6 is 0 Å². The van der Waals surface area contributed by atoms with Gasteiger partial charge in [0.1, 0.15) is 0 Å². The number of alkyl halides is 3. The van der Waals surface area contributed by atoms with E-state index in [1.165, 1.54) is 12.1 Å². The molecule has 1 atom stereocenters. The summed E-state index contributed by atoms with van der Waals surface area (Å²) in [5.41, 5.74) is 1.87. The van der Waals surface area contributed by atoms with Gasteiger partial charge in [0.2, 0.25) is 5.91 Å². The molecule has 0 saturated heterocycles. The van der Waals surface area contributed by atoms with Crippen LogP contribution in [0.1, 0.15) is 45.6 Å². The van der Waals surface area contributed by atoms with E-state index in [-0.39, 0.29) is 12.5 Å². The molecule has 4 nitrogen and oxygen atoms in total. The molecule has 0 aliphatic rings. The zero-order chi connectivity index (χ0) is 20.2. The molecule has 2 amide bonds. The van der Waals surface area contributed by atoms with Crippen molar-refractivity contribution in [2.45, 2.75) is 33.0 Å². The Morgan fingerprint density at radius 3 is 2.26 bits per heavy atom. The highest BCUT2D eigenvalue weighted by Gasteiger charge is 2.30. The number of aryl methyl sites for hydroxylation is 2. The van der Waals surface area contributed by atoms with Crippen molar-refractivity contribution in [3.05, 3.63) is 70.3 Å². The molecular weight excluding hydrogens is 357 g/mol. The van der Waals surface area contributed by atoms with Gasteiger partial charge < -0.3 is 10.6 Å². The summed E-state index contributed by atoms with van der Waals surface area (Å²) in [6, 6.07) is 9.51. The minimum Gasteiger partial charge on any atom is -0.348 e. The molecule has 0 aliphatic carbocycles. The zero-order valence-electron chi connectivity index (χ0n) is 15.3. The molecule has 2 N–H and O–H groups in total. The van der Waals surface area contributed by atoms with Crippen molar-refractivity contribution in [3.63, 3.8) is 0 Å². The van der Waals surface area contributed by atoms with E-state index in [4.69, 9.17) is 0 Å². The highest BCUT2D eigenvalue weighted by atomic mass is 19.4. The molecule has 0 radical (unpaired) electrons. The van der Waals surface area contributed by atoms with E-state index in [1.807, 2.05) is 19.9 Å². The van der Waals surface area contributed by atoms with Crippen molar-refractivity contribution in [2.24, 2.45) is 0 Å². The molecule has 27 heavy (non-hydrogen) atoms. The summed E-state index contributed by atoms with van der Waals surface area (Å²) in [6.07, 6.45) is -4.44. The number of rotatable bonds is 5. The molecule has 0 spiro atoms. The largest absolute Gasteiger partial charge is 0.416 e. The summed E-state index contributed by atoms with van der Waals surface area (Å²) >= 11 is 0. The topological polar surface area (TPSA) is 58.2 Å². The second-order valence-corrected chi connectivity index (χ2v) is 6.47. The van der Waals surface area contributed by atoms with Crippen molar-refractivity contribution < 1.29 is 22.8 Å². The molecule has 144 valence electrons. The van der Waals surface area contributed by atoms with Crippen LogP contribution in [-0.4, -0.2) is 18.4 Å². The number of hydrogen-bond acceptors (Lipinski definition) is 2. The van der Waals surface area contributed by atoms with E-state index < -0.39 is 23.7 Å². The fourth-order valence-electron chi connectivity index (χ4n) is 2.73. The fourth-order valence-corrected chi connectivity index (χ4v) is 2.73. The van der Waals surface area contributed by atoms with Crippen LogP contribution in [-0.2, 0) is 11.0 Å². The molecule has 7 heteroatoms. The standard InChI is InChI=1S/C20H21F3N2O2/c1-12-7-13(2)9-16(8-12)19(27)24-11-18(26)25-14(3)15-5-4-6-17(10-15)20(21,22)23/h4-10,14H,11H2,1-3H3,(H,24,27)(H,25,26). The summed E-state index contributed by atoms with van der Waals surface area (Å²) in [5.74, 6) is -0.874. The Bertz CT molecular complexity index is 827. The van der Waals surface area contributed by atoms with Gasteiger partial charge in [0.25, 0.3) is 5.91 Å². The third-order valence-electron chi connectivity index (χ3n) is 3.98. The Morgan fingerprint density at radius 1 is 1.04 bits per heavy atom. The highest BCUT2D eigenvalue weighted by Crippen LogP contribution is 2.30. The zero-order valence-corrected chi connectivity index (χ0v) is 15.3. The Kier molecular flexibility index (Phi) is 6.25. The Morgan fingerprint density at radius 2 is 1.67 bits per heavy atom. The van der Waals surface area contributed by atoms with Gasteiger partial charge in [0, 0.05) is 5.56 Å². The smallest absolute Gasteiger partial charge is 0.348 e. The van der Waals surface area contributed by atoms with Gasteiger partial charge in [0.15, 0.2) is 0 Å². The van der Waals surface area contributed by atoms with Gasteiger partial charge in [-0.2, -0.15) is 13.2 Å². The Hall–Kier alpha value is -2.83. The molecular formula is C20H21F3N2O2. The summed E-state index contributed by atoms with van der Waals surface area (Å²) in [6.45, 7) is 5.05. The first-order chi connectivity index (χ1) is 12.6. The van der Waals surface area contributed by atoms with Crippen LogP contribution in [0.2, 0.25) is 0 Å². The number of carbonyl (C=O) groups excluding carboxylic acids is 2. The van der Waals surface area contributed by atoms with Crippen molar-refractivity contribution in [3.8, 4) is 0 Å². The van der Waals surface area contributed by atoms with E-state index in [0.29, 0.717) is 11.1 Å². The predicted molar refractivity (Wildman–Crippen MR) is 96.3 cm³/mol. The van der Waals surface area contributed by atoms with Crippen LogP contribution in [0.25, 0.3) is 0 Å². The summed E-state index contributed by atoms with van der Waals surface area (Å²) in [5, 5.41) is 5.10. The van der Waals surface area contributed by atoms with Gasteiger partial charge in [0.05, 0.1) is 18.2 Å². The van der Waals surface area contributed by atoms with Gasteiger partial charge in [-0.05, 0) is 50.6 Å². The van der Waals surface area contributed by atoms with Crippen LogP contribution in [0.15, 0.2) is 42.5 Å². The molecule has 0 heterocycles. The van der Waals surface area contributed by atoms with Gasteiger partial charge in [-0.3, -0.25) is 9.59 Å². The van der Waals surface area contributed by atoms with Crippen LogP contribution < -0.4 is 10.6 Å². The monoisotopic (exact) mass is 378 g/mol. The summed E-state index contributed by atoms with van der Waals surface area (Å²) < 4.78 is 38.4. The molecule has 1 unspecified atom stereocenters. The van der Waals surface area contributed by atoms with E-state index in [2.05, 4.69) is 10.6 Å². The molecule has 0 bridgehead atoms. The molecule has 0 fully saturated rings. The predicted octanol–water partition coefficient (Wildman–Crippen LogP) is 3.93.